The molecule has 4 aromatic rings. The molecule has 7 heteroatoms. The molecule has 0 unspecified atom stereocenters. The van der Waals surface area contributed by atoms with E-state index in [4.69, 9.17) is 11.6 Å². The highest BCUT2D eigenvalue weighted by atomic mass is 35.5. The molecular weight excluding hydrogens is 380 g/mol. The predicted molar refractivity (Wildman–Crippen MR) is 108 cm³/mol. The largest absolute Gasteiger partial charge is 0.337 e. The second-order valence-electron chi connectivity index (χ2n) is 6.30. The number of benzene rings is 2. The van der Waals surface area contributed by atoms with Crippen LogP contribution in [0.1, 0.15) is 20.8 Å². The van der Waals surface area contributed by atoms with E-state index in [9.17, 15) is 4.79 Å². The molecule has 0 fully saturated rings. The van der Waals surface area contributed by atoms with Crippen LogP contribution in [0.3, 0.4) is 0 Å². The second-order valence-corrected chi connectivity index (χ2v) is 8.10. The number of amides is 1. The van der Waals surface area contributed by atoms with E-state index in [1.54, 1.807) is 11.9 Å². The summed E-state index contributed by atoms with van der Waals surface area (Å²) in [5, 5.41) is 8.38. The van der Waals surface area contributed by atoms with Crippen molar-refractivity contribution in [2.24, 2.45) is 0 Å². The molecular formula is C20H17ClN4OS. The van der Waals surface area contributed by atoms with Crippen LogP contribution in [0.4, 0.5) is 0 Å². The normalized spacial score (nSPS) is 11.0. The van der Waals surface area contributed by atoms with Crippen LogP contribution >= 0.6 is 22.9 Å². The van der Waals surface area contributed by atoms with Gasteiger partial charge in [-0.3, -0.25) is 4.79 Å². The van der Waals surface area contributed by atoms with Crippen molar-refractivity contribution in [3.8, 4) is 0 Å². The monoisotopic (exact) mass is 396 g/mol. The summed E-state index contributed by atoms with van der Waals surface area (Å²) < 4.78 is 2.59. The van der Waals surface area contributed by atoms with Gasteiger partial charge in [0.15, 0.2) is 0 Å². The van der Waals surface area contributed by atoms with E-state index in [0.717, 1.165) is 25.8 Å². The molecule has 0 radical (unpaired) electrons. The van der Waals surface area contributed by atoms with Crippen molar-refractivity contribution in [3.05, 3.63) is 81.0 Å². The maximum absolute atomic E-state index is 12.6. The minimum absolute atomic E-state index is 0.0164. The van der Waals surface area contributed by atoms with E-state index in [0.29, 0.717) is 18.7 Å². The molecule has 0 N–H and O–H groups in total. The van der Waals surface area contributed by atoms with Gasteiger partial charge in [-0.1, -0.05) is 41.1 Å². The van der Waals surface area contributed by atoms with Crippen molar-refractivity contribution in [1.29, 1.82) is 0 Å². The van der Waals surface area contributed by atoms with Gasteiger partial charge < -0.3 is 4.90 Å². The van der Waals surface area contributed by atoms with E-state index in [2.05, 4.69) is 10.3 Å². The molecule has 27 heavy (non-hydrogen) atoms. The van der Waals surface area contributed by atoms with Crippen LogP contribution in [-0.4, -0.2) is 32.8 Å². The number of hydrogen-bond acceptors (Lipinski definition) is 4. The third-order valence-electron chi connectivity index (χ3n) is 4.32. The Morgan fingerprint density at radius 1 is 1.11 bits per heavy atom. The number of aromatic nitrogens is 3. The molecule has 0 aliphatic rings. The van der Waals surface area contributed by atoms with Gasteiger partial charge in [0.25, 0.3) is 5.91 Å². The Morgan fingerprint density at radius 3 is 2.63 bits per heavy atom. The van der Waals surface area contributed by atoms with E-state index in [1.165, 1.54) is 11.3 Å². The van der Waals surface area contributed by atoms with Crippen LogP contribution in [-0.2, 0) is 13.1 Å². The quantitative estimate of drug-likeness (QED) is 0.500. The third-order valence-corrected chi connectivity index (χ3v) is 5.54. The van der Waals surface area contributed by atoms with E-state index in [-0.39, 0.29) is 5.91 Å². The van der Waals surface area contributed by atoms with E-state index < -0.39 is 0 Å². The summed E-state index contributed by atoms with van der Waals surface area (Å²) in [4.78, 5) is 15.4. The molecule has 0 saturated carbocycles. The van der Waals surface area contributed by atoms with Gasteiger partial charge in [-0.25, -0.2) is 4.68 Å². The topological polar surface area (TPSA) is 51.0 Å². The number of nitrogens with zero attached hydrogens (tertiary/aromatic N) is 4. The lowest BCUT2D eigenvalue weighted by molar-refractivity contribution is 0.0786. The number of carbonyl (C=O) groups is 1. The highest BCUT2D eigenvalue weighted by molar-refractivity contribution is 7.16. The number of para-hydroxylation sites is 1. The Balaban J connectivity index is 1.45. The Morgan fingerprint density at radius 2 is 1.89 bits per heavy atom. The number of halogens is 1. The first-order chi connectivity index (χ1) is 13.1. The SMILES string of the molecule is CN(Cc1ccc(Cl)s1)C(=O)c1ccc(Cn2nnc3ccccc32)cc1. The average molecular weight is 397 g/mol. The molecule has 0 atom stereocenters. The Bertz CT molecular complexity index is 1090. The van der Waals surface area contributed by atoms with Crippen LogP contribution in [0.2, 0.25) is 4.34 Å². The summed E-state index contributed by atoms with van der Waals surface area (Å²) in [6.45, 7) is 1.15. The minimum Gasteiger partial charge on any atom is -0.337 e. The molecule has 2 aromatic heterocycles. The van der Waals surface area contributed by atoms with Gasteiger partial charge in [0, 0.05) is 17.5 Å². The summed E-state index contributed by atoms with van der Waals surface area (Å²) in [7, 11) is 1.80. The maximum Gasteiger partial charge on any atom is 0.253 e. The van der Waals surface area contributed by atoms with Crippen molar-refractivity contribution in [2.75, 3.05) is 7.05 Å². The molecule has 4 rings (SSSR count). The van der Waals surface area contributed by atoms with Crippen molar-refractivity contribution in [1.82, 2.24) is 19.9 Å². The van der Waals surface area contributed by atoms with Crippen molar-refractivity contribution < 1.29 is 4.79 Å². The van der Waals surface area contributed by atoms with Crippen molar-refractivity contribution >= 4 is 39.9 Å². The highest BCUT2D eigenvalue weighted by Gasteiger charge is 2.13. The molecule has 2 heterocycles. The summed E-state index contributed by atoms with van der Waals surface area (Å²) in [5.41, 5.74) is 3.59. The van der Waals surface area contributed by atoms with E-state index >= 15 is 0 Å². The molecule has 0 aliphatic heterocycles. The second kappa shape index (κ2) is 7.50. The number of rotatable bonds is 5. The first-order valence-electron chi connectivity index (χ1n) is 8.47. The van der Waals surface area contributed by atoms with Crippen molar-refractivity contribution in [3.63, 3.8) is 0 Å². The zero-order valence-corrected chi connectivity index (χ0v) is 16.2. The van der Waals surface area contributed by atoms with Gasteiger partial charge >= 0.3 is 0 Å². The number of carbonyl (C=O) groups excluding carboxylic acids is 1. The summed E-state index contributed by atoms with van der Waals surface area (Å²) >= 11 is 7.45. The fraction of sp³-hybridized carbons (Fsp3) is 0.150. The summed E-state index contributed by atoms with van der Waals surface area (Å²) in [6.07, 6.45) is 0. The van der Waals surface area contributed by atoms with Crippen molar-refractivity contribution in [2.45, 2.75) is 13.1 Å². The van der Waals surface area contributed by atoms with Crippen LogP contribution < -0.4 is 0 Å². The Hall–Kier alpha value is -2.70. The van der Waals surface area contributed by atoms with Crippen LogP contribution in [0, 0.1) is 0 Å². The lowest BCUT2D eigenvalue weighted by Crippen LogP contribution is -2.25. The predicted octanol–water partition coefficient (Wildman–Crippen LogP) is 4.47. The van der Waals surface area contributed by atoms with Crippen LogP contribution in [0.15, 0.2) is 60.7 Å². The molecule has 0 bridgehead atoms. The molecule has 5 nitrogen and oxygen atoms in total. The molecule has 0 aliphatic carbocycles. The standard InChI is InChI=1S/C20H17ClN4OS/c1-24(13-16-10-11-19(21)27-16)20(26)15-8-6-14(7-9-15)12-25-18-5-3-2-4-17(18)22-23-25/h2-11H,12-13H2,1H3. The fourth-order valence-electron chi connectivity index (χ4n) is 2.92. The van der Waals surface area contributed by atoms with Gasteiger partial charge in [-0.15, -0.1) is 16.4 Å². The zero-order chi connectivity index (χ0) is 18.8. The lowest BCUT2D eigenvalue weighted by atomic mass is 10.1. The van der Waals surface area contributed by atoms with Crippen LogP contribution in [0.5, 0.6) is 0 Å². The highest BCUT2D eigenvalue weighted by Crippen LogP contribution is 2.23. The molecule has 2 aromatic carbocycles. The van der Waals surface area contributed by atoms with Crippen LogP contribution in [0.25, 0.3) is 11.0 Å². The Kier molecular flexibility index (Phi) is 4.92. The first kappa shape index (κ1) is 17.7. The van der Waals surface area contributed by atoms with Gasteiger partial charge in [0.1, 0.15) is 5.52 Å². The average Bonchev–Trinajstić information content (AvgIpc) is 3.28. The number of fused-ring (bicyclic) bond motifs is 1. The molecule has 0 spiro atoms. The zero-order valence-electron chi connectivity index (χ0n) is 14.7. The summed E-state index contributed by atoms with van der Waals surface area (Å²) in [6, 6.07) is 19.3. The summed E-state index contributed by atoms with van der Waals surface area (Å²) in [5.74, 6) is -0.0164. The van der Waals surface area contributed by atoms with Gasteiger partial charge in [0.2, 0.25) is 0 Å². The first-order valence-corrected chi connectivity index (χ1v) is 9.66. The Labute approximate surface area is 165 Å². The molecule has 0 saturated heterocycles. The smallest absolute Gasteiger partial charge is 0.253 e. The number of thiophene rings is 1. The van der Waals surface area contributed by atoms with Gasteiger partial charge in [-0.05, 0) is 42.0 Å². The van der Waals surface area contributed by atoms with Gasteiger partial charge in [0.05, 0.1) is 22.9 Å². The molecule has 136 valence electrons. The number of hydrogen-bond donors (Lipinski definition) is 0. The fourth-order valence-corrected chi connectivity index (χ4v) is 4.06. The minimum atomic E-state index is -0.0164. The van der Waals surface area contributed by atoms with Gasteiger partial charge in [-0.2, -0.15) is 0 Å². The third kappa shape index (κ3) is 3.86. The lowest BCUT2D eigenvalue weighted by Gasteiger charge is -2.16. The molecule has 1 amide bonds. The maximum atomic E-state index is 12.6. The van der Waals surface area contributed by atoms with E-state index in [1.807, 2.05) is 65.3 Å².